The molecule has 2 unspecified atom stereocenters. The molecule has 2 N–H and O–H groups in total. The van der Waals surface area contributed by atoms with Gasteiger partial charge in [0.05, 0.1) is 0 Å². The minimum absolute atomic E-state index is 0.186. The summed E-state index contributed by atoms with van der Waals surface area (Å²) in [5, 5.41) is 0. The van der Waals surface area contributed by atoms with Crippen molar-refractivity contribution in [2.45, 2.75) is 51.5 Å². The van der Waals surface area contributed by atoms with E-state index >= 15 is 0 Å². The Morgan fingerprint density at radius 2 is 2.00 bits per heavy atom. The molecular weight excluding hydrogens is 244 g/mol. The molecule has 1 aliphatic rings. The molecule has 112 valence electrons. The zero-order chi connectivity index (χ0) is 14.2. The summed E-state index contributed by atoms with van der Waals surface area (Å²) in [4.78, 5) is 2.62. The van der Waals surface area contributed by atoms with Gasteiger partial charge >= 0.3 is 0 Å². The van der Waals surface area contributed by atoms with Gasteiger partial charge in [-0.15, -0.1) is 0 Å². The normalized spacial score (nSPS) is 22.4. The molecule has 1 heterocycles. The maximum absolute atomic E-state index is 6.30. The number of nitrogens with zero attached hydrogens (tertiary/aromatic N) is 1. The van der Waals surface area contributed by atoms with Crippen molar-refractivity contribution in [3.8, 4) is 0 Å². The number of nitrogens with two attached hydrogens (primary N) is 1. The van der Waals surface area contributed by atoms with Gasteiger partial charge in [0.15, 0.2) is 0 Å². The highest BCUT2D eigenvalue weighted by molar-refractivity contribution is 5.18. The average molecular weight is 274 g/mol. The highest BCUT2D eigenvalue weighted by Crippen LogP contribution is 2.22. The summed E-state index contributed by atoms with van der Waals surface area (Å²) < 4.78 is 0. The van der Waals surface area contributed by atoms with Gasteiger partial charge in [-0.2, -0.15) is 0 Å². The largest absolute Gasteiger partial charge is 0.324 e. The lowest BCUT2D eigenvalue weighted by Gasteiger charge is -2.22. The van der Waals surface area contributed by atoms with Gasteiger partial charge in [0.25, 0.3) is 0 Å². The first-order valence-electron chi connectivity index (χ1n) is 8.32. The summed E-state index contributed by atoms with van der Waals surface area (Å²) in [6.45, 7) is 5.99. The summed E-state index contributed by atoms with van der Waals surface area (Å²) in [7, 11) is 0. The molecule has 0 bridgehead atoms. The fraction of sp³-hybridized carbons (Fsp3) is 0.667. The van der Waals surface area contributed by atoms with Crippen molar-refractivity contribution in [2.24, 2.45) is 11.7 Å². The average Bonchev–Trinajstić information content (AvgIpc) is 2.71. The van der Waals surface area contributed by atoms with Gasteiger partial charge in [0.1, 0.15) is 0 Å². The topological polar surface area (TPSA) is 29.3 Å². The van der Waals surface area contributed by atoms with Crippen molar-refractivity contribution in [3.63, 3.8) is 0 Å². The Morgan fingerprint density at radius 3 is 2.75 bits per heavy atom. The van der Waals surface area contributed by atoms with Crippen molar-refractivity contribution >= 4 is 0 Å². The van der Waals surface area contributed by atoms with E-state index in [-0.39, 0.29) is 6.04 Å². The Morgan fingerprint density at radius 1 is 1.20 bits per heavy atom. The standard InChI is InChI=1S/C18H30N2/c1-2-7-16-8-6-13-20(14-11-16)15-12-18(19)17-9-4-3-5-10-17/h3-5,9-10,16,18H,2,6-8,11-15,19H2,1H3. The fourth-order valence-electron chi connectivity index (χ4n) is 3.33. The van der Waals surface area contributed by atoms with Gasteiger partial charge in [-0.05, 0) is 56.8 Å². The molecule has 2 rings (SSSR count). The van der Waals surface area contributed by atoms with Crippen LogP contribution in [0.2, 0.25) is 0 Å². The summed E-state index contributed by atoms with van der Waals surface area (Å²) in [5.41, 5.74) is 7.57. The minimum Gasteiger partial charge on any atom is -0.324 e. The van der Waals surface area contributed by atoms with Crippen LogP contribution >= 0.6 is 0 Å². The van der Waals surface area contributed by atoms with Crippen LogP contribution in [0.3, 0.4) is 0 Å². The Labute approximate surface area is 124 Å². The first kappa shape index (κ1) is 15.5. The van der Waals surface area contributed by atoms with E-state index in [9.17, 15) is 0 Å². The summed E-state index contributed by atoms with van der Waals surface area (Å²) in [6, 6.07) is 10.7. The molecule has 20 heavy (non-hydrogen) atoms. The third kappa shape index (κ3) is 4.92. The lowest BCUT2D eigenvalue weighted by Crippen LogP contribution is -2.28. The van der Waals surface area contributed by atoms with Gasteiger partial charge in [0, 0.05) is 6.04 Å². The smallest absolute Gasteiger partial charge is 0.0307 e. The molecule has 1 aromatic rings. The molecule has 0 radical (unpaired) electrons. The quantitative estimate of drug-likeness (QED) is 0.850. The highest BCUT2D eigenvalue weighted by atomic mass is 15.1. The van der Waals surface area contributed by atoms with Crippen LogP contribution in [0.1, 0.15) is 57.1 Å². The molecule has 1 aromatic carbocycles. The Bertz CT molecular complexity index is 363. The molecule has 1 saturated heterocycles. The minimum atomic E-state index is 0.186. The Kier molecular flexibility index (Phi) is 6.55. The van der Waals surface area contributed by atoms with E-state index in [1.807, 2.05) is 0 Å². The summed E-state index contributed by atoms with van der Waals surface area (Å²) >= 11 is 0. The maximum Gasteiger partial charge on any atom is 0.0307 e. The van der Waals surface area contributed by atoms with Crippen LogP contribution in [0.5, 0.6) is 0 Å². The fourth-order valence-corrected chi connectivity index (χ4v) is 3.33. The van der Waals surface area contributed by atoms with Crippen molar-refractivity contribution in [3.05, 3.63) is 35.9 Å². The first-order chi connectivity index (χ1) is 9.79. The lowest BCUT2D eigenvalue weighted by atomic mass is 9.96. The molecule has 0 amide bonds. The van der Waals surface area contributed by atoms with E-state index in [0.717, 1.165) is 18.9 Å². The lowest BCUT2D eigenvalue weighted by molar-refractivity contribution is 0.268. The van der Waals surface area contributed by atoms with Crippen LogP contribution in [0.4, 0.5) is 0 Å². The Hall–Kier alpha value is -0.860. The highest BCUT2D eigenvalue weighted by Gasteiger charge is 2.17. The SMILES string of the molecule is CCCC1CCCN(CCC(N)c2ccccc2)CC1. The molecule has 2 heteroatoms. The van der Waals surface area contributed by atoms with Crippen molar-refractivity contribution < 1.29 is 0 Å². The van der Waals surface area contributed by atoms with E-state index < -0.39 is 0 Å². The number of rotatable bonds is 6. The number of likely N-dealkylation sites (tertiary alicyclic amines) is 1. The summed E-state index contributed by atoms with van der Waals surface area (Å²) in [6.07, 6.45) is 8.00. The van der Waals surface area contributed by atoms with Crippen molar-refractivity contribution in [1.29, 1.82) is 0 Å². The van der Waals surface area contributed by atoms with E-state index in [1.165, 1.54) is 50.8 Å². The van der Waals surface area contributed by atoms with Crippen molar-refractivity contribution in [2.75, 3.05) is 19.6 Å². The van der Waals surface area contributed by atoms with Gasteiger partial charge in [-0.1, -0.05) is 50.1 Å². The van der Waals surface area contributed by atoms with Crippen LogP contribution in [0.15, 0.2) is 30.3 Å². The molecule has 0 spiro atoms. The second-order valence-electron chi connectivity index (χ2n) is 6.23. The van der Waals surface area contributed by atoms with Gasteiger partial charge in [-0.3, -0.25) is 0 Å². The summed E-state index contributed by atoms with van der Waals surface area (Å²) in [5.74, 6) is 0.966. The molecule has 0 aliphatic carbocycles. The van der Waals surface area contributed by atoms with Crippen molar-refractivity contribution in [1.82, 2.24) is 4.90 Å². The van der Waals surface area contributed by atoms with Crippen LogP contribution in [0, 0.1) is 5.92 Å². The molecular formula is C18H30N2. The van der Waals surface area contributed by atoms with Crippen LogP contribution in [-0.4, -0.2) is 24.5 Å². The zero-order valence-electron chi connectivity index (χ0n) is 12.9. The second-order valence-corrected chi connectivity index (χ2v) is 6.23. The van der Waals surface area contributed by atoms with Gasteiger partial charge < -0.3 is 10.6 Å². The molecule has 0 aromatic heterocycles. The monoisotopic (exact) mass is 274 g/mol. The predicted molar refractivity (Wildman–Crippen MR) is 86.7 cm³/mol. The number of hydrogen-bond acceptors (Lipinski definition) is 2. The molecule has 1 fully saturated rings. The van der Waals surface area contributed by atoms with Gasteiger partial charge in [-0.25, -0.2) is 0 Å². The third-order valence-corrected chi connectivity index (χ3v) is 4.62. The molecule has 2 nitrogen and oxygen atoms in total. The molecule has 1 aliphatic heterocycles. The zero-order valence-corrected chi connectivity index (χ0v) is 12.9. The number of hydrogen-bond donors (Lipinski definition) is 1. The predicted octanol–water partition coefficient (Wildman–Crippen LogP) is 3.98. The van der Waals surface area contributed by atoms with Crippen LogP contribution < -0.4 is 5.73 Å². The molecule has 0 saturated carbocycles. The van der Waals surface area contributed by atoms with Crippen LogP contribution in [0.25, 0.3) is 0 Å². The van der Waals surface area contributed by atoms with Crippen LogP contribution in [-0.2, 0) is 0 Å². The second kappa shape index (κ2) is 8.43. The molecule has 2 atom stereocenters. The first-order valence-corrected chi connectivity index (χ1v) is 8.32. The Balaban J connectivity index is 1.74. The third-order valence-electron chi connectivity index (χ3n) is 4.62. The van der Waals surface area contributed by atoms with Gasteiger partial charge in [0.2, 0.25) is 0 Å². The van der Waals surface area contributed by atoms with E-state index in [0.29, 0.717) is 0 Å². The number of benzene rings is 1. The maximum atomic E-state index is 6.30. The van der Waals surface area contributed by atoms with E-state index in [4.69, 9.17) is 5.73 Å². The van der Waals surface area contributed by atoms with E-state index in [2.05, 4.69) is 42.2 Å². The van der Waals surface area contributed by atoms with E-state index in [1.54, 1.807) is 0 Å².